The molecule has 0 saturated heterocycles. The molecular weight excluding hydrogens is 184 g/mol. The normalized spacial score (nSPS) is 9.31. The van der Waals surface area contributed by atoms with Crippen molar-refractivity contribution in [3.8, 4) is 0 Å². The summed E-state index contributed by atoms with van der Waals surface area (Å²) < 4.78 is 4.52. The molecular formula is C10H10O2S. The van der Waals surface area contributed by atoms with Crippen LogP contribution in [0.2, 0.25) is 0 Å². The van der Waals surface area contributed by atoms with Crippen LogP contribution in [0, 0.1) is 0 Å². The molecule has 0 fully saturated rings. The fourth-order valence-corrected chi connectivity index (χ4v) is 1.53. The van der Waals surface area contributed by atoms with Crippen molar-refractivity contribution in [3.05, 3.63) is 41.8 Å². The minimum absolute atomic E-state index is 0.381. The fourth-order valence-electron chi connectivity index (χ4n) is 0.786. The number of carbonyl (C=O) groups excluding carboxylic acids is 1. The Kier molecular flexibility index (Phi) is 3.58. The molecule has 0 aromatic heterocycles. The second kappa shape index (κ2) is 4.72. The minimum Gasteiger partial charge on any atom is -0.465 e. The first-order valence-corrected chi connectivity index (χ1v) is 4.56. The fraction of sp³-hybridized carbons (Fsp3) is 0.100. The van der Waals surface area contributed by atoms with Crippen molar-refractivity contribution < 1.29 is 9.53 Å². The monoisotopic (exact) mass is 194 g/mol. The van der Waals surface area contributed by atoms with Gasteiger partial charge in [-0.3, -0.25) is 0 Å². The number of carbonyl (C=O) groups is 1. The molecule has 0 saturated carbocycles. The van der Waals surface area contributed by atoms with Gasteiger partial charge in [0, 0.05) is 4.90 Å². The number of thioether (sulfide) groups is 1. The highest BCUT2D eigenvalue weighted by molar-refractivity contribution is 8.04. The van der Waals surface area contributed by atoms with E-state index >= 15 is 0 Å². The van der Waals surface area contributed by atoms with E-state index in [1.807, 2.05) is 30.3 Å². The second-order valence-electron chi connectivity index (χ2n) is 2.33. The predicted octanol–water partition coefficient (Wildman–Crippen LogP) is 2.47. The Bertz CT molecular complexity index is 306. The van der Waals surface area contributed by atoms with E-state index in [0.29, 0.717) is 4.91 Å². The van der Waals surface area contributed by atoms with Crippen LogP contribution in [0.15, 0.2) is 46.7 Å². The van der Waals surface area contributed by atoms with Crippen molar-refractivity contribution in [3.63, 3.8) is 0 Å². The molecule has 0 aliphatic rings. The number of benzene rings is 1. The molecule has 68 valence electrons. The molecule has 0 atom stereocenters. The molecule has 1 aromatic rings. The Morgan fingerprint density at radius 3 is 2.54 bits per heavy atom. The van der Waals surface area contributed by atoms with Crippen molar-refractivity contribution in [1.82, 2.24) is 0 Å². The molecule has 1 aromatic carbocycles. The van der Waals surface area contributed by atoms with E-state index in [2.05, 4.69) is 11.3 Å². The van der Waals surface area contributed by atoms with E-state index < -0.39 is 0 Å². The summed E-state index contributed by atoms with van der Waals surface area (Å²) in [6.07, 6.45) is 0. The largest absolute Gasteiger partial charge is 0.465 e. The number of methoxy groups -OCH3 is 1. The zero-order valence-corrected chi connectivity index (χ0v) is 8.14. The van der Waals surface area contributed by atoms with Gasteiger partial charge in [0.05, 0.1) is 12.0 Å². The third kappa shape index (κ3) is 2.95. The van der Waals surface area contributed by atoms with Crippen LogP contribution < -0.4 is 0 Å². The average molecular weight is 194 g/mol. The van der Waals surface area contributed by atoms with Gasteiger partial charge in [0.2, 0.25) is 0 Å². The maximum Gasteiger partial charge on any atom is 0.344 e. The minimum atomic E-state index is -0.381. The van der Waals surface area contributed by atoms with Crippen molar-refractivity contribution in [2.45, 2.75) is 4.90 Å². The summed E-state index contributed by atoms with van der Waals surface area (Å²) in [5.41, 5.74) is 0. The van der Waals surface area contributed by atoms with Crippen LogP contribution in [0.1, 0.15) is 0 Å². The van der Waals surface area contributed by atoms with Crippen LogP contribution in [0.5, 0.6) is 0 Å². The number of hydrogen-bond acceptors (Lipinski definition) is 3. The summed E-state index contributed by atoms with van der Waals surface area (Å²) in [6.45, 7) is 3.61. The molecule has 1 rings (SSSR count). The van der Waals surface area contributed by atoms with E-state index in [4.69, 9.17) is 0 Å². The Morgan fingerprint density at radius 1 is 1.38 bits per heavy atom. The first kappa shape index (κ1) is 9.86. The van der Waals surface area contributed by atoms with Gasteiger partial charge in [-0.1, -0.05) is 36.5 Å². The molecule has 0 unspecified atom stereocenters. The van der Waals surface area contributed by atoms with Crippen LogP contribution in [0.4, 0.5) is 0 Å². The third-order valence-electron chi connectivity index (χ3n) is 1.40. The lowest BCUT2D eigenvalue weighted by molar-refractivity contribution is -0.135. The van der Waals surface area contributed by atoms with Gasteiger partial charge in [0.15, 0.2) is 0 Å². The highest BCUT2D eigenvalue weighted by Gasteiger charge is 2.07. The number of hydrogen-bond donors (Lipinski definition) is 0. The van der Waals surface area contributed by atoms with E-state index in [9.17, 15) is 4.79 Å². The van der Waals surface area contributed by atoms with Gasteiger partial charge >= 0.3 is 5.97 Å². The number of rotatable bonds is 3. The summed E-state index contributed by atoms with van der Waals surface area (Å²) >= 11 is 1.31. The van der Waals surface area contributed by atoms with Crippen LogP contribution in [0.3, 0.4) is 0 Å². The van der Waals surface area contributed by atoms with Gasteiger partial charge in [-0.25, -0.2) is 4.79 Å². The first-order chi connectivity index (χ1) is 6.24. The Labute approximate surface area is 81.6 Å². The van der Waals surface area contributed by atoms with Crippen LogP contribution in [0.25, 0.3) is 0 Å². The average Bonchev–Trinajstić information content (AvgIpc) is 2.18. The third-order valence-corrected chi connectivity index (χ3v) is 2.32. The van der Waals surface area contributed by atoms with Crippen LogP contribution in [-0.4, -0.2) is 13.1 Å². The van der Waals surface area contributed by atoms with Gasteiger partial charge in [-0.15, -0.1) is 0 Å². The Hall–Kier alpha value is -1.22. The molecule has 0 N–H and O–H groups in total. The molecule has 13 heavy (non-hydrogen) atoms. The van der Waals surface area contributed by atoms with Crippen LogP contribution in [-0.2, 0) is 9.53 Å². The molecule has 0 amide bonds. The predicted molar refractivity (Wildman–Crippen MR) is 53.5 cm³/mol. The van der Waals surface area contributed by atoms with Gasteiger partial charge < -0.3 is 4.74 Å². The maximum absolute atomic E-state index is 11.0. The Morgan fingerprint density at radius 2 is 2.00 bits per heavy atom. The van der Waals surface area contributed by atoms with Crippen molar-refractivity contribution in [1.29, 1.82) is 0 Å². The van der Waals surface area contributed by atoms with Gasteiger partial charge in [-0.2, -0.15) is 0 Å². The quantitative estimate of drug-likeness (QED) is 0.420. The summed E-state index contributed by atoms with van der Waals surface area (Å²) in [5.74, 6) is -0.381. The standard InChI is InChI=1S/C10H10O2S/c1-8(10(11)12-2)13-9-6-4-3-5-7-9/h3-7H,1H2,2H3. The highest BCUT2D eigenvalue weighted by atomic mass is 32.2. The van der Waals surface area contributed by atoms with E-state index in [0.717, 1.165) is 4.90 Å². The smallest absolute Gasteiger partial charge is 0.344 e. The molecule has 0 heterocycles. The lowest BCUT2D eigenvalue weighted by atomic mass is 10.4. The van der Waals surface area contributed by atoms with E-state index in [1.54, 1.807) is 0 Å². The zero-order chi connectivity index (χ0) is 9.68. The summed E-state index contributed by atoms with van der Waals surface area (Å²) in [4.78, 5) is 12.4. The number of ether oxygens (including phenoxy) is 1. The van der Waals surface area contributed by atoms with Gasteiger partial charge in [0.1, 0.15) is 0 Å². The van der Waals surface area contributed by atoms with E-state index in [-0.39, 0.29) is 5.97 Å². The van der Waals surface area contributed by atoms with Gasteiger partial charge in [0.25, 0.3) is 0 Å². The first-order valence-electron chi connectivity index (χ1n) is 3.74. The lowest BCUT2D eigenvalue weighted by Crippen LogP contribution is -1.99. The van der Waals surface area contributed by atoms with E-state index in [1.165, 1.54) is 18.9 Å². The molecule has 0 radical (unpaired) electrons. The van der Waals surface area contributed by atoms with Gasteiger partial charge in [-0.05, 0) is 12.1 Å². The SMILES string of the molecule is C=C(Sc1ccccc1)C(=O)OC. The molecule has 2 nitrogen and oxygen atoms in total. The van der Waals surface area contributed by atoms with Crippen molar-refractivity contribution >= 4 is 17.7 Å². The second-order valence-corrected chi connectivity index (χ2v) is 3.50. The summed E-state index contributed by atoms with van der Waals surface area (Å²) in [5, 5.41) is 0. The Balaban J connectivity index is 2.60. The number of esters is 1. The van der Waals surface area contributed by atoms with Crippen molar-refractivity contribution in [2.75, 3.05) is 7.11 Å². The lowest BCUT2D eigenvalue weighted by Gasteiger charge is -2.01. The molecule has 0 aliphatic carbocycles. The molecule has 0 spiro atoms. The zero-order valence-electron chi connectivity index (χ0n) is 7.32. The molecule has 0 bridgehead atoms. The maximum atomic E-state index is 11.0. The topological polar surface area (TPSA) is 26.3 Å². The summed E-state index contributed by atoms with van der Waals surface area (Å²) in [7, 11) is 1.35. The van der Waals surface area contributed by atoms with Crippen LogP contribution >= 0.6 is 11.8 Å². The highest BCUT2D eigenvalue weighted by Crippen LogP contribution is 2.25. The molecule has 3 heteroatoms. The summed E-state index contributed by atoms with van der Waals surface area (Å²) in [6, 6.07) is 9.57. The van der Waals surface area contributed by atoms with Crippen molar-refractivity contribution in [2.24, 2.45) is 0 Å². The molecule has 0 aliphatic heterocycles.